The maximum atomic E-state index is 13.1. The van der Waals surface area contributed by atoms with E-state index in [2.05, 4.69) is 4.74 Å². The lowest BCUT2D eigenvalue weighted by Crippen LogP contribution is -2.15. The molecule has 0 heterocycles. The molecule has 3 nitrogen and oxygen atoms in total. The van der Waals surface area contributed by atoms with Gasteiger partial charge in [-0.25, -0.2) is 9.18 Å². The second-order valence-electron chi connectivity index (χ2n) is 3.03. The van der Waals surface area contributed by atoms with Gasteiger partial charge in [0.25, 0.3) is 0 Å². The summed E-state index contributed by atoms with van der Waals surface area (Å²) in [5.74, 6) is -0.911. The molecule has 0 saturated carbocycles. The lowest BCUT2D eigenvalue weighted by Gasteiger charge is -2.07. The SMILES string of the molecule is CCOC(=O)COc1cc(C)ccc1F. The van der Waals surface area contributed by atoms with Crippen molar-refractivity contribution in [1.82, 2.24) is 0 Å². The van der Waals surface area contributed by atoms with E-state index in [4.69, 9.17) is 4.74 Å². The van der Waals surface area contributed by atoms with Crippen LogP contribution in [-0.2, 0) is 9.53 Å². The Labute approximate surface area is 87.8 Å². The number of halogens is 1. The first kappa shape index (κ1) is 11.5. The average molecular weight is 212 g/mol. The predicted octanol–water partition coefficient (Wildman–Crippen LogP) is 2.08. The third kappa shape index (κ3) is 3.58. The summed E-state index contributed by atoms with van der Waals surface area (Å²) in [4.78, 5) is 10.9. The van der Waals surface area contributed by atoms with Crippen LogP contribution in [0.5, 0.6) is 5.75 Å². The van der Waals surface area contributed by atoms with E-state index in [0.29, 0.717) is 6.61 Å². The fraction of sp³-hybridized carbons (Fsp3) is 0.364. The molecule has 0 saturated heterocycles. The molecule has 0 aromatic heterocycles. The van der Waals surface area contributed by atoms with Crippen LogP contribution >= 0.6 is 0 Å². The molecule has 1 rings (SSSR count). The predicted molar refractivity (Wildman–Crippen MR) is 53.3 cm³/mol. The first-order valence-electron chi connectivity index (χ1n) is 4.68. The Balaban J connectivity index is 2.57. The number of hydrogen-bond acceptors (Lipinski definition) is 3. The van der Waals surface area contributed by atoms with Crippen LogP contribution in [0.2, 0.25) is 0 Å². The third-order valence-electron chi connectivity index (χ3n) is 1.74. The molecule has 0 atom stereocenters. The molecule has 0 aliphatic carbocycles. The Hall–Kier alpha value is -1.58. The van der Waals surface area contributed by atoms with E-state index in [-0.39, 0.29) is 12.4 Å². The van der Waals surface area contributed by atoms with E-state index in [1.165, 1.54) is 12.1 Å². The second-order valence-corrected chi connectivity index (χ2v) is 3.03. The highest BCUT2D eigenvalue weighted by Gasteiger charge is 2.07. The van der Waals surface area contributed by atoms with Crippen LogP contribution in [0, 0.1) is 12.7 Å². The van der Waals surface area contributed by atoms with Crippen molar-refractivity contribution in [3.05, 3.63) is 29.6 Å². The van der Waals surface area contributed by atoms with Crippen LogP contribution in [0.3, 0.4) is 0 Å². The van der Waals surface area contributed by atoms with Gasteiger partial charge in [-0.05, 0) is 31.5 Å². The number of carbonyl (C=O) groups excluding carboxylic acids is 1. The van der Waals surface area contributed by atoms with E-state index in [9.17, 15) is 9.18 Å². The molecule has 15 heavy (non-hydrogen) atoms. The van der Waals surface area contributed by atoms with Crippen molar-refractivity contribution in [3.8, 4) is 5.75 Å². The highest BCUT2D eigenvalue weighted by atomic mass is 19.1. The van der Waals surface area contributed by atoms with Gasteiger partial charge in [-0.15, -0.1) is 0 Å². The summed E-state index contributed by atoms with van der Waals surface area (Å²) in [6.45, 7) is 3.54. The van der Waals surface area contributed by atoms with Gasteiger partial charge in [0.15, 0.2) is 18.2 Å². The van der Waals surface area contributed by atoms with Gasteiger partial charge in [-0.1, -0.05) is 6.07 Å². The molecule has 0 aliphatic rings. The third-order valence-corrected chi connectivity index (χ3v) is 1.74. The normalized spacial score (nSPS) is 9.80. The van der Waals surface area contributed by atoms with Gasteiger partial charge < -0.3 is 9.47 Å². The summed E-state index contributed by atoms with van der Waals surface area (Å²) < 4.78 is 22.8. The van der Waals surface area contributed by atoms with Crippen molar-refractivity contribution in [2.75, 3.05) is 13.2 Å². The van der Waals surface area contributed by atoms with Crippen LogP contribution in [0.4, 0.5) is 4.39 Å². The quantitative estimate of drug-likeness (QED) is 0.717. The number of hydrogen-bond donors (Lipinski definition) is 0. The average Bonchev–Trinajstić information content (AvgIpc) is 2.20. The molecule has 0 unspecified atom stereocenters. The minimum Gasteiger partial charge on any atom is -0.479 e. The summed E-state index contributed by atoms with van der Waals surface area (Å²) in [7, 11) is 0. The lowest BCUT2D eigenvalue weighted by atomic mass is 10.2. The molecule has 0 bridgehead atoms. The maximum absolute atomic E-state index is 13.1. The molecule has 1 aromatic carbocycles. The van der Waals surface area contributed by atoms with Crippen molar-refractivity contribution in [2.24, 2.45) is 0 Å². The molecular formula is C11H13FO3. The minimum absolute atomic E-state index is 0.0723. The fourth-order valence-corrected chi connectivity index (χ4v) is 1.06. The summed E-state index contributed by atoms with van der Waals surface area (Å²) in [5.41, 5.74) is 0.871. The Morgan fingerprint density at radius 2 is 2.20 bits per heavy atom. The van der Waals surface area contributed by atoms with Crippen molar-refractivity contribution in [3.63, 3.8) is 0 Å². The summed E-state index contributed by atoms with van der Waals surface area (Å²) in [6.07, 6.45) is 0. The number of carbonyl (C=O) groups is 1. The van der Waals surface area contributed by atoms with E-state index in [1.807, 2.05) is 6.92 Å². The number of esters is 1. The summed E-state index contributed by atoms with van der Waals surface area (Å²) >= 11 is 0. The Bertz CT molecular complexity index is 350. The lowest BCUT2D eigenvalue weighted by molar-refractivity contribution is -0.145. The molecule has 82 valence electrons. The highest BCUT2D eigenvalue weighted by molar-refractivity contribution is 5.71. The monoisotopic (exact) mass is 212 g/mol. The van der Waals surface area contributed by atoms with E-state index in [1.54, 1.807) is 13.0 Å². The highest BCUT2D eigenvalue weighted by Crippen LogP contribution is 2.18. The molecule has 0 spiro atoms. The van der Waals surface area contributed by atoms with Gasteiger partial charge in [0.05, 0.1) is 6.61 Å². The van der Waals surface area contributed by atoms with Crippen molar-refractivity contribution in [2.45, 2.75) is 13.8 Å². The molecule has 4 heteroatoms. The molecule has 0 fully saturated rings. The van der Waals surface area contributed by atoms with Crippen LogP contribution in [-0.4, -0.2) is 19.2 Å². The van der Waals surface area contributed by atoms with Crippen molar-refractivity contribution < 1.29 is 18.7 Å². The van der Waals surface area contributed by atoms with Crippen LogP contribution in [0.25, 0.3) is 0 Å². The molecule has 0 radical (unpaired) electrons. The standard InChI is InChI=1S/C11H13FO3/c1-3-14-11(13)7-15-10-6-8(2)4-5-9(10)12/h4-6H,3,7H2,1-2H3. The molecule has 1 aromatic rings. The van der Waals surface area contributed by atoms with Gasteiger partial charge in [0, 0.05) is 0 Å². The van der Waals surface area contributed by atoms with E-state index in [0.717, 1.165) is 5.56 Å². The van der Waals surface area contributed by atoms with E-state index < -0.39 is 11.8 Å². The van der Waals surface area contributed by atoms with Crippen LogP contribution in [0.15, 0.2) is 18.2 Å². The molecule has 0 aliphatic heterocycles. The van der Waals surface area contributed by atoms with Gasteiger partial charge in [-0.3, -0.25) is 0 Å². The topological polar surface area (TPSA) is 35.5 Å². The van der Waals surface area contributed by atoms with Crippen LogP contribution < -0.4 is 4.74 Å². The fourth-order valence-electron chi connectivity index (χ4n) is 1.06. The number of aryl methyl sites for hydroxylation is 1. The van der Waals surface area contributed by atoms with Gasteiger partial charge in [0.2, 0.25) is 0 Å². The Morgan fingerprint density at radius 1 is 1.47 bits per heavy atom. The Morgan fingerprint density at radius 3 is 2.87 bits per heavy atom. The number of ether oxygens (including phenoxy) is 2. The van der Waals surface area contributed by atoms with Gasteiger partial charge >= 0.3 is 5.97 Å². The first-order valence-corrected chi connectivity index (χ1v) is 4.68. The molecule has 0 amide bonds. The van der Waals surface area contributed by atoms with Gasteiger partial charge in [-0.2, -0.15) is 0 Å². The van der Waals surface area contributed by atoms with Crippen molar-refractivity contribution >= 4 is 5.97 Å². The zero-order valence-electron chi connectivity index (χ0n) is 8.75. The zero-order valence-corrected chi connectivity index (χ0v) is 8.75. The first-order chi connectivity index (χ1) is 7.13. The minimum atomic E-state index is -0.501. The van der Waals surface area contributed by atoms with Crippen molar-refractivity contribution in [1.29, 1.82) is 0 Å². The van der Waals surface area contributed by atoms with Gasteiger partial charge in [0.1, 0.15) is 0 Å². The molecule has 0 N–H and O–H groups in total. The summed E-state index contributed by atoms with van der Waals surface area (Å²) in [5, 5.41) is 0. The van der Waals surface area contributed by atoms with Crippen LogP contribution in [0.1, 0.15) is 12.5 Å². The zero-order chi connectivity index (χ0) is 11.3. The summed E-state index contributed by atoms with van der Waals surface area (Å²) in [6, 6.07) is 4.47. The smallest absolute Gasteiger partial charge is 0.344 e. The molecular weight excluding hydrogens is 199 g/mol. The second kappa shape index (κ2) is 5.34. The number of rotatable bonds is 4. The largest absolute Gasteiger partial charge is 0.479 e. The Kier molecular flexibility index (Phi) is 4.09. The number of benzene rings is 1. The maximum Gasteiger partial charge on any atom is 0.344 e. The van der Waals surface area contributed by atoms with E-state index >= 15 is 0 Å².